The highest BCUT2D eigenvalue weighted by molar-refractivity contribution is 6.33. The first-order valence-electron chi connectivity index (χ1n) is 16.8. The molecule has 4 aliphatic heterocycles. The van der Waals surface area contributed by atoms with Gasteiger partial charge in [0.2, 0.25) is 0 Å². The molecule has 266 valence electrons. The number of urea groups is 1. The van der Waals surface area contributed by atoms with Gasteiger partial charge in [-0.1, -0.05) is 29.8 Å². The van der Waals surface area contributed by atoms with Crippen molar-refractivity contribution >= 4 is 41.0 Å². The Hall–Kier alpha value is -3.75. The second kappa shape index (κ2) is 14.2. The molecule has 3 saturated heterocycles. The van der Waals surface area contributed by atoms with Gasteiger partial charge in [-0.25, -0.2) is 9.59 Å². The number of benzene rings is 2. The fourth-order valence-electron chi connectivity index (χ4n) is 7.62. The number of anilines is 2. The number of para-hydroxylation sites is 1. The zero-order chi connectivity index (χ0) is 34.9. The Morgan fingerprint density at radius 3 is 2.45 bits per heavy atom. The molecule has 0 aromatic heterocycles. The molecule has 6 rings (SSSR count). The van der Waals surface area contributed by atoms with Gasteiger partial charge in [-0.3, -0.25) is 9.69 Å². The maximum absolute atomic E-state index is 14.0. The molecule has 49 heavy (non-hydrogen) atoms. The number of nitrogen functional groups attached to an aromatic ring is 1. The SMILES string of the molecule is CN1CCCN(C2CCN(C(=O)[C@@H](Cc3cc(Cl)c(N)c(C(F)(F)F)c3)OC(=O)N3CCC4(CC3)NC(=O)Nc3ccccc34)CC2)CC1. The van der Waals surface area contributed by atoms with Crippen molar-refractivity contribution in [2.75, 3.05) is 70.5 Å². The minimum atomic E-state index is -4.77. The molecular formula is C34H43ClF3N7O4. The van der Waals surface area contributed by atoms with E-state index in [1.807, 2.05) is 24.3 Å². The van der Waals surface area contributed by atoms with Gasteiger partial charge in [0.25, 0.3) is 5.91 Å². The first-order valence-corrected chi connectivity index (χ1v) is 17.2. The van der Waals surface area contributed by atoms with E-state index in [0.29, 0.717) is 37.7 Å². The molecule has 0 unspecified atom stereocenters. The topological polar surface area (TPSA) is 123 Å². The van der Waals surface area contributed by atoms with E-state index >= 15 is 0 Å². The Balaban J connectivity index is 1.17. The fraction of sp³-hybridized carbons (Fsp3) is 0.559. The standard InChI is InChI=1S/C34H43ClF3N7O4/c1-42-11-4-12-43(18-17-42)23-7-13-44(14-8-23)30(46)28(21-22-19-25(34(36,37)38)29(39)26(35)20-22)49-32(48)45-15-9-33(10-16-45)24-5-2-3-6-27(24)40-31(47)41-33/h2-3,5-6,19-20,23,28H,4,7-18,21,39H2,1H3,(H2,40,41,47)/t28-/m1/s1. The van der Waals surface area contributed by atoms with Crippen LogP contribution in [-0.2, 0) is 27.7 Å². The molecule has 0 saturated carbocycles. The molecule has 3 fully saturated rings. The summed E-state index contributed by atoms with van der Waals surface area (Å²) in [7, 11) is 2.12. The molecule has 2 aromatic rings. The van der Waals surface area contributed by atoms with Crippen LogP contribution >= 0.6 is 11.6 Å². The van der Waals surface area contributed by atoms with Gasteiger partial charge in [0, 0.05) is 63.0 Å². The normalized spacial score (nSPS) is 21.4. The third-order valence-corrected chi connectivity index (χ3v) is 10.7. The Morgan fingerprint density at radius 2 is 1.73 bits per heavy atom. The van der Waals surface area contributed by atoms with Crippen LogP contribution in [0.2, 0.25) is 5.02 Å². The smallest absolute Gasteiger partial charge is 0.418 e. The van der Waals surface area contributed by atoms with Gasteiger partial charge >= 0.3 is 18.3 Å². The average molecular weight is 706 g/mol. The number of nitrogens with one attached hydrogen (secondary N) is 2. The van der Waals surface area contributed by atoms with E-state index in [9.17, 15) is 27.6 Å². The summed E-state index contributed by atoms with van der Waals surface area (Å²) in [6, 6.07) is 9.63. The number of carbonyl (C=O) groups excluding carboxylic acids is 3. The quantitative estimate of drug-likeness (QED) is 0.384. The van der Waals surface area contributed by atoms with E-state index in [2.05, 4.69) is 27.5 Å². The summed E-state index contributed by atoms with van der Waals surface area (Å²) < 4.78 is 47.3. The summed E-state index contributed by atoms with van der Waals surface area (Å²) in [5.74, 6) is -0.461. The predicted octanol–water partition coefficient (Wildman–Crippen LogP) is 4.74. The lowest BCUT2D eigenvalue weighted by Gasteiger charge is -2.45. The van der Waals surface area contributed by atoms with Gasteiger partial charge in [-0.15, -0.1) is 0 Å². The molecular weight excluding hydrogens is 663 g/mol. The number of rotatable bonds is 5. The van der Waals surface area contributed by atoms with Gasteiger partial charge in [0.05, 0.1) is 21.8 Å². The van der Waals surface area contributed by atoms with Gasteiger partial charge in [-0.2, -0.15) is 13.2 Å². The number of hydrogen-bond acceptors (Lipinski definition) is 7. The summed E-state index contributed by atoms with van der Waals surface area (Å²) in [5.41, 5.74) is 4.98. The Kier molecular flexibility index (Phi) is 10.2. The van der Waals surface area contributed by atoms with E-state index in [1.54, 1.807) is 4.90 Å². The molecule has 4 N–H and O–H groups in total. The van der Waals surface area contributed by atoms with E-state index in [-0.39, 0.29) is 36.1 Å². The molecule has 0 radical (unpaired) electrons. The van der Waals surface area contributed by atoms with Crippen LogP contribution in [0.4, 0.5) is 34.1 Å². The third-order valence-electron chi connectivity index (χ3n) is 10.4. The zero-order valence-electron chi connectivity index (χ0n) is 27.5. The molecule has 1 atom stereocenters. The number of fused-ring (bicyclic) bond motifs is 2. The van der Waals surface area contributed by atoms with Gasteiger partial charge in [-0.05, 0) is 76.0 Å². The number of nitrogens with two attached hydrogens (primary N) is 1. The van der Waals surface area contributed by atoms with Crippen LogP contribution in [0.5, 0.6) is 0 Å². The van der Waals surface area contributed by atoms with Crippen LogP contribution in [0, 0.1) is 0 Å². The molecule has 0 bridgehead atoms. The third kappa shape index (κ3) is 7.71. The first kappa shape index (κ1) is 35.1. The molecule has 4 heterocycles. The van der Waals surface area contributed by atoms with Crippen molar-refractivity contribution in [3.05, 3.63) is 58.1 Å². The molecule has 15 heteroatoms. The molecule has 0 aliphatic carbocycles. The Bertz CT molecular complexity index is 1560. The molecule has 11 nitrogen and oxygen atoms in total. The molecule has 4 amide bonds. The van der Waals surface area contributed by atoms with E-state index < -0.39 is 41.1 Å². The largest absolute Gasteiger partial charge is 0.436 e. The maximum Gasteiger partial charge on any atom is 0.418 e. The highest BCUT2D eigenvalue weighted by Gasteiger charge is 2.44. The number of alkyl halides is 3. The lowest BCUT2D eigenvalue weighted by atomic mass is 9.79. The van der Waals surface area contributed by atoms with Gasteiger partial charge < -0.3 is 35.8 Å². The summed E-state index contributed by atoms with van der Waals surface area (Å²) in [4.78, 5) is 48.0. The van der Waals surface area contributed by atoms with Crippen molar-refractivity contribution in [2.24, 2.45) is 0 Å². The monoisotopic (exact) mass is 705 g/mol. The summed E-state index contributed by atoms with van der Waals surface area (Å²) in [5, 5.41) is 5.55. The number of likely N-dealkylation sites (N-methyl/N-ethyl adjacent to an activating group) is 1. The number of carbonyl (C=O) groups is 3. The minimum Gasteiger partial charge on any atom is -0.436 e. The van der Waals surface area contributed by atoms with Gasteiger partial charge in [0.15, 0.2) is 6.10 Å². The number of halogens is 4. The van der Waals surface area contributed by atoms with E-state index in [1.165, 1.54) is 11.0 Å². The van der Waals surface area contributed by atoms with Crippen molar-refractivity contribution in [1.82, 2.24) is 24.9 Å². The average Bonchev–Trinajstić information content (AvgIpc) is 3.29. The van der Waals surface area contributed by atoms with Gasteiger partial charge in [0.1, 0.15) is 0 Å². The lowest BCUT2D eigenvalue weighted by molar-refractivity contribution is -0.142. The number of nitrogens with zero attached hydrogens (tertiary/aromatic N) is 4. The van der Waals surface area contributed by atoms with Crippen LogP contribution < -0.4 is 16.4 Å². The van der Waals surface area contributed by atoms with E-state index in [4.69, 9.17) is 22.1 Å². The second-order valence-corrected chi connectivity index (χ2v) is 14.0. The summed E-state index contributed by atoms with van der Waals surface area (Å²) in [6.07, 6.45) is -3.81. The fourth-order valence-corrected chi connectivity index (χ4v) is 7.86. The van der Waals surface area contributed by atoms with Crippen molar-refractivity contribution in [3.8, 4) is 0 Å². The highest BCUT2D eigenvalue weighted by atomic mass is 35.5. The van der Waals surface area contributed by atoms with Crippen molar-refractivity contribution < 1.29 is 32.3 Å². The van der Waals surface area contributed by atoms with Crippen LogP contribution in [0.3, 0.4) is 0 Å². The maximum atomic E-state index is 14.0. The highest BCUT2D eigenvalue weighted by Crippen LogP contribution is 2.40. The van der Waals surface area contributed by atoms with Crippen molar-refractivity contribution in [2.45, 2.75) is 62.4 Å². The Morgan fingerprint density at radius 1 is 1.02 bits per heavy atom. The summed E-state index contributed by atoms with van der Waals surface area (Å²) >= 11 is 6.11. The first-order chi connectivity index (χ1) is 23.3. The van der Waals surface area contributed by atoms with Crippen LogP contribution in [0.25, 0.3) is 0 Å². The van der Waals surface area contributed by atoms with Crippen molar-refractivity contribution in [3.63, 3.8) is 0 Å². The van der Waals surface area contributed by atoms with Crippen LogP contribution in [-0.4, -0.2) is 109 Å². The number of hydrogen-bond donors (Lipinski definition) is 3. The molecule has 2 aromatic carbocycles. The number of likely N-dealkylation sites (tertiary alicyclic amines) is 2. The van der Waals surface area contributed by atoms with E-state index in [0.717, 1.165) is 57.1 Å². The van der Waals surface area contributed by atoms with Crippen molar-refractivity contribution in [1.29, 1.82) is 0 Å². The predicted molar refractivity (Wildman–Crippen MR) is 179 cm³/mol. The number of amides is 4. The summed E-state index contributed by atoms with van der Waals surface area (Å²) in [6.45, 7) is 5.33. The van der Waals surface area contributed by atoms with Crippen LogP contribution in [0.15, 0.2) is 36.4 Å². The second-order valence-electron chi connectivity index (χ2n) is 13.6. The lowest BCUT2D eigenvalue weighted by Crippen LogP contribution is -2.58. The zero-order valence-corrected chi connectivity index (χ0v) is 28.3. The number of piperidine rings is 2. The number of ether oxygens (including phenoxy) is 1. The minimum absolute atomic E-state index is 0.0767. The van der Waals surface area contributed by atoms with Crippen LogP contribution in [0.1, 0.15) is 48.8 Å². The molecule has 4 aliphatic rings. The molecule has 1 spiro atoms. The Labute approximate surface area is 288 Å².